The van der Waals surface area contributed by atoms with E-state index in [1.54, 1.807) is 0 Å². The van der Waals surface area contributed by atoms with Crippen molar-refractivity contribution >= 4 is 43.6 Å². The van der Waals surface area contributed by atoms with Crippen LogP contribution in [0.5, 0.6) is 0 Å². The predicted octanol–water partition coefficient (Wildman–Crippen LogP) is 10.1. The van der Waals surface area contributed by atoms with Crippen LogP contribution in [0.3, 0.4) is 0 Å². The van der Waals surface area contributed by atoms with Gasteiger partial charge in [0, 0.05) is 32.9 Å². The number of hydrogen-bond acceptors (Lipinski definition) is 3. The van der Waals surface area contributed by atoms with Crippen LogP contribution in [0.2, 0.25) is 0 Å². The maximum absolute atomic E-state index is 10.6. The number of hydrogen-bond donors (Lipinski definition) is 0. The highest BCUT2D eigenvalue weighted by Crippen LogP contribution is 2.42. The van der Waals surface area contributed by atoms with Crippen LogP contribution in [0.25, 0.3) is 66.4 Å². The molecule has 0 saturated carbocycles. The number of benzene rings is 5. The highest BCUT2D eigenvalue weighted by atomic mass is 15.0. The Morgan fingerprint density at radius 1 is 0.478 bits per heavy atom. The van der Waals surface area contributed by atoms with Crippen molar-refractivity contribution in [1.82, 2.24) is 19.1 Å². The maximum Gasteiger partial charge on any atom is 0.163 e. The van der Waals surface area contributed by atoms with E-state index in [0.29, 0.717) is 11.4 Å². The van der Waals surface area contributed by atoms with Crippen LogP contribution in [0.1, 0.15) is 39.2 Å². The molecule has 222 valence electrons. The average molecular weight is 596 g/mol. The minimum Gasteiger partial charge on any atom is -0.308 e. The van der Waals surface area contributed by atoms with E-state index in [2.05, 4.69) is 116 Å². The zero-order chi connectivity index (χ0) is 31.9. The number of aryl methyl sites for hydroxylation is 6. The quantitative estimate of drug-likeness (QED) is 0.204. The van der Waals surface area contributed by atoms with Gasteiger partial charge in [-0.3, -0.25) is 0 Å². The summed E-state index contributed by atoms with van der Waals surface area (Å²) in [4.78, 5) is 10.1. The smallest absolute Gasteiger partial charge is 0.163 e. The first kappa shape index (κ1) is 27.8. The molecule has 0 bridgehead atoms. The Hall–Kier alpha value is -5.73. The van der Waals surface area contributed by atoms with Crippen LogP contribution < -0.4 is 0 Å². The van der Waals surface area contributed by atoms with Crippen molar-refractivity contribution in [3.05, 3.63) is 130 Å². The standard InChI is InChI=1S/C41H33N5/c1-23-7-11-30-31-12-8-24(2)16-35(31)45(34(30)15-23)38-20-29(22-42)21-39(40(38)41-43-27(5)19-28(6)44-41)46-36-17-25(3)9-13-32(36)33-14-10-26(4)18-37(33)46/h7-21H,1-6H3. The third kappa shape index (κ3) is 4.22. The Balaban J connectivity index is 1.64. The largest absolute Gasteiger partial charge is 0.308 e. The molecule has 0 spiro atoms. The minimum atomic E-state index is 0.573. The third-order valence-electron chi connectivity index (χ3n) is 9.07. The Kier molecular flexibility index (Phi) is 6.13. The summed E-state index contributed by atoms with van der Waals surface area (Å²) in [5.41, 5.74) is 14.0. The molecule has 0 unspecified atom stereocenters. The van der Waals surface area contributed by atoms with Gasteiger partial charge in [0.05, 0.1) is 50.6 Å². The first-order valence-electron chi connectivity index (χ1n) is 15.6. The Morgan fingerprint density at radius 2 is 0.826 bits per heavy atom. The summed E-state index contributed by atoms with van der Waals surface area (Å²) in [6.45, 7) is 12.5. The van der Waals surface area contributed by atoms with E-state index in [1.807, 2.05) is 32.0 Å². The van der Waals surface area contributed by atoms with Gasteiger partial charge in [-0.2, -0.15) is 5.26 Å². The average Bonchev–Trinajstić information content (AvgIpc) is 3.50. The minimum absolute atomic E-state index is 0.573. The van der Waals surface area contributed by atoms with Crippen LogP contribution in [0, 0.1) is 52.9 Å². The number of rotatable bonds is 3. The molecule has 0 N–H and O–H groups in total. The lowest BCUT2D eigenvalue weighted by molar-refractivity contribution is 1.04. The molecule has 8 rings (SSSR count). The van der Waals surface area contributed by atoms with Gasteiger partial charge in [-0.25, -0.2) is 9.97 Å². The first-order valence-corrected chi connectivity index (χ1v) is 15.6. The normalized spacial score (nSPS) is 11.7. The fraction of sp³-hybridized carbons (Fsp3) is 0.146. The van der Waals surface area contributed by atoms with Crippen molar-refractivity contribution < 1.29 is 0 Å². The van der Waals surface area contributed by atoms with E-state index in [0.717, 1.165) is 50.4 Å². The van der Waals surface area contributed by atoms with Crippen LogP contribution in [0.15, 0.2) is 91.0 Å². The molecule has 0 aliphatic rings. The highest BCUT2D eigenvalue weighted by Gasteiger charge is 2.25. The molecule has 0 aliphatic carbocycles. The van der Waals surface area contributed by atoms with Crippen molar-refractivity contribution in [3.63, 3.8) is 0 Å². The van der Waals surface area contributed by atoms with Crippen LogP contribution in [0.4, 0.5) is 0 Å². The topological polar surface area (TPSA) is 59.4 Å². The summed E-state index contributed by atoms with van der Waals surface area (Å²) < 4.78 is 4.63. The van der Waals surface area contributed by atoms with Crippen LogP contribution in [-0.2, 0) is 0 Å². The lowest BCUT2D eigenvalue weighted by Crippen LogP contribution is -2.08. The highest BCUT2D eigenvalue weighted by molar-refractivity contribution is 6.12. The molecule has 0 radical (unpaired) electrons. The fourth-order valence-corrected chi connectivity index (χ4v) is 7.09. The van der Waals surface area contributed by atoms with Gasteiger partial charge in [-0.1, -0.05) is 48.5 Å². The lowest BCUT2D eigenvalue weighted by atomic mass is 10.0. The van der Waals surface area contributed by atoms with Crippen LogP contribution in [-0.4, -0.2) is 19.1 Å². The first-order chi connectivity index (χ1) is 22.2. The van der Waals surface area contributed by atoms with Gasteiger partial charge in [0.1, 0.15) is 0 Å². The molecule has 46 heavy (non-hydrogen) atoms. The van der Waals surface area contributed by atoms with Gasteiger partial charge in [-0.15, -0.1) is 0 Å². The van der Waals surface area contributed by atoms with E-state index in [-0.39, 0.29) is 0 Å². The Bertz CT molecular complexity index is 2320. The molecule has 3 aromatic heterocycles. The summed E-state index contributed by atoms with van der Waals surface area (Å²) in [6, 6.07) is 35.0. The van der Waals surface area contributed by atoms with Crippen molar-refractivity contribution in [3.8, 4) is 28.8 Å². The summed E-state index contributed by atoms with van der Waals surface area (Å²) in [7, 11) is 0. The molecule has 5 heteroatoms. The van der Waals surface area contributed by atoms with Crippen molar-refractivity contribution in [2.24, 2.45) is 0 Å². The second-order valence-electron chi connectivity index (χ2n) is 12.7. The molecule has 3 heterocycles. The number of aromatic nitrogens is 4. The zero-order valence-corrected chi connectivity index (χ0v) is 26.9. The summed E-state index contributed by atoms with van der Waals surface area (Å²) >= 11 is 0. The van der Waals surface area contributed by atoms with Crippen molar-refractivity contribution in [2.45, 2.75) is 41.5 Å². The Morgan fingerprint density at radius 3 is 1.15 bits per heavy atom. The van der Waals surface area contributed by atoms with Crippen molar-refractivity contribution in [1.29, 1.82) is 5.26 Å². The van der Waals surface area contributed by atoms with Gasteiger partial charge in [0.25, 0.3) is 0 Å². The zero-order valence-electron chi connectivity index (χ0n) is 26.9. The van der Waals surface area contributed by atoms with E-state index in [9.17, 15) is 5.26 Å². The maximum atomic E-state index is 10.6. The van der Waals surface area contributed by atoms with E-state index >= 15 is 0 Å². The molecule has 0 fully saturated rings. The van der Waals surface area contributed by atoms with E-state index in [1.165, 1.54) is 43.8 Å². The fourth-order valence-electron chi connectivity index (χ4n) is 7.09. The molecule has 0 saturated heterocycles. The third-order valence-corrected chi connectivity index (χ3v) is 9.07. The van der Waals surface area contributed by atoms with Gasteiger partial charge >= 0.3 is 0 Å². The second-order valence-corrected chi connectivity index (χ2v) is 12.7. The van der Waals surface area contributed by atoms with Gasteiger partial charge in [0.2, 0.25) is 0 Å². The predicted molar refractivity (Wildman–Crippen MR) is 189 cm³/mol. The molecular formula is C41H33N5. The number of nitriles is 1. The molecular weight excluding hydrogens is 562 g/mol. The number of fused-ring (bicyclic) bond motifs is 6. The van der Waals surface area contributed by atoms with Crippen LogP contribution >= 0.6 is 0 Å². The summed E-state index contributed by atoms with van der Waals surface area (Å²) in [5, 5.41) is 15.2. The molecule has 0 aliphatic heterocycles. The number of nitrogens with zero attached hydrogens (tertiary/aromatic N) is 5. The van der Waals surface area contributed by atoms with E-state index < -0.39 is 0 Å². The molecule has 0 atom stereocenters. The monoisotopic (exact) mass is 595 g/mol. The molecule has 5 nitrogen and oxygen atoms in total. The van der Waals surface area contributed by atoms with Gasteiger partial charge in [0.15, 0.2) is 5.82 Å². The lowest BCUT2D eigenvalue weighted by Gasteiger charge is -2.20. The summed E-state index contributed by atoms with van der Waals surface area (Å²) in [5.74, 6) is 0.637. The molecule has 0 amide bonds. The van der Waals surface area contributed by atoms with Gasteiger partial charge in [-0.05, 0) is 106 Å². The SMILES string of the molecule is Cc1ccc2c3ccc(C)cc3n(-c3cc(C#N)cc(-n4c5cc(C)ccc5c5ccc(C)cc54)c3-c3nc(C)cc(C)n3)c2c1. The molecule has 5 aromatic carbocycles. The van der Waals surface area contributed by atoms with Gasteiger partial charge < -0.3 is 9.13 Å². The molecule has 8 aromatic rings. The Labute approximate surface area is 268 Å². The van der Waals surface area contributed by atoms with Crippen molar-refractivity contribution in [2.75, 3.05) is 0 Å². The second kappa shape index (κ2) is 10.2. The van der Waals surface area contributed by atoms with E-state index in [4.69, 9.17) is 9.97 Å². The summed E-state index contributed by atoms with van der Waals surface area (Å²) in [6.07, 6.45) is 0.